The van der Waals surface area contributed by atoms with Crippen LogP contribution in [0.1, 0.15) is 23.7 Å². The molecule has 0 spiro atoms. The summed E-state index contributed by atoms with van der Waals surface area (Å²) in [6.45, 7) is 1.74. The number of nitrogens with zero attached hydrogens (tertiary/aromatic N) is 2. The molecule has 0 fully saturated rings. The minimum Gasteiger partial charge on any atom is -0.372 e. The van der Waals surface area contributed by atoms with Crippen molar-refractivity contribution in [3.63, 3.8) is 0 Å². The number of aliphatic hydroxyl groups is 1. The van der Waals surface area contributed by atoms with Crippen LogP contribution in [0.25, 0.3) is 0 Å². The highest BCUT2D eigenvalue weighted by Crippen LogP contribution is 2.29. The van der Waals surface area contributed by atoms with Gasteiger partial charge in [-0.25, -0.2) is 5.43 Å². The summed E-state index contributed by atoms with van der Waals surface area (Å²) < 4.78 is 0. The molecule has 1 aromatic heterocycles. The summed E-state index contributed by atoms with van der Waals surface area (Å²) in [5.74, 6) is -0.634. The van der Waals surface area contributed by atoms with Gasteiger partial charge in [0.1, 0.15) is 0 Å². The second kappa shape index (κ2) is 7.72. The van der Waals surface area contributed by atoms with Crippen LogP contribution >= 0.6 is 0 Å². The molecule has 1 amide bonds. The Balaban J connectivity index is 1.94. The lowest BCUT2D eigenvalue weighted by atomic mass is 9.85. The largest absolute Gasteiger partial charge is 0.372 e. The highest BCUT2D eigenvalue weighted by atomic mass is 16.3. The number of carbonyl (C=O) groups excluding carboxylic acids is 1. The fraction of sp³-hybridized carbons (Fsp3) is 0.0952. The average molecular weight is 345 g/mol. The summed E-state index contributed by atoms with van der Waals surface area (Å²) in [5, 5.41) is 15.4. The molecule has 2 N–H and O–H groups in total. The molecular weight excluding hydrogens is 326 g/mol. The van der Waals surface area contributed by atoms with E-state index in [0.29, 0.717) is 22.5 Å². The zero-order valence-corrected chi connectivity index (χ0v) is 14.3. The highest BCUT2D eigenvalue weighted by Gasteiger charge is 2.39. The first-order valence-electron chi connectivity index (χ1n) is 8.22. The van der Waals surface area contributed by atoms with Gasteiger partial charge in [-0.2, -0.15) is 5.10 Å². The number of amides is 1. The van der Waals surface area contributed by atoms with E-state index in [1.54, 1.807) is 73.8 Å². The predicted octanol–water partition coefficient (Wildman–Crippen LogP) is 2.86. The van der Waals surface area contributed by atoms with Gasteiger partial charge in [-0.05, 0) is 30.2 Å². The SMILES string of the molecule is CC(=NNC(=O)C(O)(c1ccccc1)c1ccccc1)c1ccccn1. The molecule has 0 unspecified atom stereocenters. The second-order valence-electron chi connectivity index (χ2n) is 5.80. The molecule has 0 saturated heterocycles. The van der Waals surface area contributed by atoms with E-state index >= 15 is 0 Å². The Hall–Kier alpha value is -3.31. The van der Waals surface area contributed by atoms with Crippen molar-refractivity contribution >= 4 is 11.6 Å². The summed E-state index contributed by atoms with van der Waals surface area (Å²) in [6, 6.07) is 23.0. The van der Waals surface area contributed by atoms with E-state index in [2.05, 4.69) is 15.5 Å². The third kappa shape index (κ3) is 3.53. The molecule has 26 heavy (non-hydrogen) atoms. The quantitative estimate of drug-likeness (QED) is 0.551. The summed E-state index contributed by atoms with van der Waals surface area (Å²) in [5.41, 5.74) is 2.75. The molecule has 0 bridgehead atoms. The predicted molar refractivity (Wildman–Crippen MR) is 100 cm³/mol. The fourth-order valence-electron chi connectivity index (χ4n) is 2.64. The monoisotopic (exact) mass is 345 g/mol. The van der Waals surface area contributed by atoms with Gasteiger partial charge in [-0.15, -0.1) is 0 Å². The normalized spacial score (nSPS) is 11.8. The summed E-state index contributed by atoms with van der Waals surface area (Å²) in [4.78, 5) is 17.1. The van der Waals surface area contributed by atoms with E-state index in [1.165, 1.54) is 0 Å². The molecule has 3 rings (SSSR count). The van der Waals surface area contributed by atoms with Crippen molar-refractivity contribution in [1.29, 1.82) is 0 Å². The zero-order chi connectivity index (χ0) is 18.4. The molecule has 0 atom stereocenters. The van der Waals surface area contributed by atoms with Crippen molar-refractivity contribution in [1.82, 2.24) is 10.4 Å². The summed E-state index contributed by atoms with van der Waals surface area (Å²) in [6.07, 6.45) is 1.65. The Morgan fingerprint density at radius 1 is 0.923 bits per heavy atom. The van der Waals surface area contributed by atoms with E-state index in [9.17, 15) is 9.90 Å². The molecule has 5 heteroatoms. The summed E-state index contributed by atoms with van der Waals surface area (Å²) in [7, 11) is 0. The Kier molecular flexibility index (Phi) is 5.20. The Bertz CT molecular complexity index is 855. The molecule has 130 valence electrons. The van der Waals surface area contributed by atoms with Gasteiger partial charge >= 0.3 is 0 Å². The number of benzene rings is 2. The van der Waals surface area contributed by atoms with Gasteiger partial charge in [0, 0.05) is 6.20 Å². The van der Waals surface area contributed by atoms with Gasteiger partial charge in [0.15, 0.2) is 5.60 Å². The molecule has 0 aliphatic rings. The number of pyridine rings is 1. The third-order valence-electron chi connectivity index (χ3n) is 4.07. The van der Waals surface area contributed by atoms with Crippen molar-refractivity contribution in [2.24, 2.45) is 5.10 Å². The minimum atomic E-state index is -1.85. The number of hydrogen-bond donors (Lipinski definition) is 2. The zero-order valence-electron chi connectivity index (χ0n) is 14.3. The maximum Gasteiger partial charge on any atom is 0.281 e. The molecule has 0 aliphatic carbocycles. The van der Waals surface area contributed by atoms with Gasteiger partial charge in [0.25, 0.3) is 5.91 Å². The summed E-state index contributed by atoms with van der Waals surface area (Å²) >= 11 is 0. The van der Waals surface area contributed by atoms with Crippen molar-refractivity contribution in [3.8, 4) is 0 Å². The third-order valence-corrected chi connectivity index (χ3v) is 4.07. The molecule has 0 aliphatic heterocycles. The molecule has 3 aromatic rings. The lowest BCUT2D eigenvalue weighted by Gasteiger charge is -2.27. The van der Waals surface area contributed by atoms with Crippen LogP contribution < -0.4 is 5.43 Å². The first-order chi connectivity index (χ1) is 12.6. The first-order valence-corrected chi connectivity index (χ1v) is 8.22. The smallest absolute Gasteiger partial charge is 0.281 e. The number of hydrazone groups is 1. The molecule has 5 nitrogen and oxygen atoms in total. The van der Waals surface area contributed by atoms with Gasteiger partial charge in [0.2, 0.25) is 0 Å². The Morgan fingerprint density at radius 3 is 1.96 bits per heavy atom. The van der Waals surface area contributed by atoms with Crippen LogP contribution in [-0.4, -0.2) is 21.7 Å². The number of carbonyl (C=O) groups is 1. The fourth-order valence-corrected chi connectivity index (χ4v) is 2.64. The Labute approximate surface area is 152 Å². The maximum absolute atomic E-state index is 12.9. The van der Waals surface area contributed by atoms with Crippen molar-refractivity contribution in [3.05, 3.63) is 102 Å². The van der Waals surface area contributed by atoms with Crippen LogP contribution in [0.2, 0.25) is 0 Å². The van der Waals surface area contributed by atoms with E-state index in [4.69, 9.17) is 0 Å². The maximum atomic E-state index is 12.9. The van der Waals surface area contributed by atoms with Crippen molar-refractivity contribution in [2.45, 2.75) is 12.5 Å². The lowest BCUT2D eigenvalue weighted by Crippen LogP contribution is -2.43. The van der Waals surface area contributed by atoms with Crippen LogP contribution in [-0.2, 0) is 10.4 Å². The van der Waals surface area contributed by atoms with E-state index < -0.39 is 11.5 Å². The molecular formula is C21H19N3O2. The van der Waals surface area contributed by atoms with E-state index in [-0.39, 0.29) is 0 Å². The van der Waals surface area contributed by atoms with Gasteiger partial charge in [-0.1, -0.05) is 66.7 Å². The van der Waals surface area contributed by atoms with Crippen LogP contribution in [0.3, 0.4) is 0 Å². The van der Waals surface area contributed by atoms with Crippen LogP contribution in [0.5, 0.6) is 0 Å². The van der Waals surface area contributed by atoms with Crippen LogP contribution in [0.15, 0.2) is 90.2 Å². The average Bonchev–Trinajstić information content (AvgIpc) is 2.73. The van der Waals surface area contributed by atoms with Crippen molar-refractivity contribution < 1.29 is 9.90 Å². The molecule has 0 saturated carbocycles. The van der Waals surface area contributed by atoms with Gasteiger partial charge in [-0.3, -0.25) is 9.78 Å². The number of nitrogens with one attached hydrogen (secondary N) is 1. The topological polar surface area (TPSA) is 74.6 Å². The van der Waals surface area contributed by atoms with Crippen LogP contribution in [0, 0.1) is 0 Å². The Morgan fingerprint density at radius 2 is 1.46 bits per heavy atom. The van der Waals surface area contributed by atoms with Gasteiger partial charge < -0.3 is 5.11 Å². The second-order valence-corrected chi connectivity index (χ2v) is 5.80. The first kappa shape index (κ1) is 17.5. The number of rotatable bonds is 5. The minimum absolute atomic E-state index is 0.467. The van der Waals surface area contributed by atoms with Crippen molar-refractivity contribution in [2.75, 3.05) is 0 Å². The van der Waals surface area contributed by atoms with Crippen LogP contribution in [0.4, 0.5) is 0 Å². The van der Waals surface area contributed by atoms with Gasteiger partial charge in [0.05, 0.1) is 11.4 Å². The number of hydrogen-bond acceptors (Lipinski definition) is 4. The van der Waals surface area contributed by atoms with E-state index in [0.717, 1.165) is 0 Å². The number of aromatic nitrogens is 1. The molecule has 2 aromatic carbocycles. The molecule has 1 heterocycles. The lowest BCUT2D eigenvalue weighted by molar-refractivity contribution is -0.136. The van der Waals surface area contributed by atoms with E-state index in [1.807, 2.05) is 18.2 Å². The standard InChI is InChI=1S/C21H19N3O2/c1-16(19-14-8-9-15-22-19)23-24-20(25)21(26,17-10-4-2-5-11-17)18-12-6-3-7-13-18/h2-15,26H,1H3,(H,24,25). The highest BCUT2D eigenvalue weighted by molar-refractivity contribution is 5.98. The molecule has 0 radical (unpaired) electrons.